The number of anilines is 1. The number of fused-ring (bicyclic) bond motifs is 1. The van der Waals surface area contributed by atoms with Gasteiger partial charge in [-0.3, -0.25) is 14.1 Å². The molecule has 8 nitrogen and oxygen atoms in total. The van der Waals surface area contributed by atoms with E-state index in [2.05, 4.69) is 26.2 Å². The van der Waals surface area contributed by atoms with Crippen molar-refractivity contribution in [3.8, 4) is 23.3 Å². The van der Waals surface area contributed by atoms with Gasteiger partial charge in [-0.15, -0.1) is 0 Å². The van der Waals surface area contributed by atoms with Crippen LogP contribution in [0.1, 0.15) is 31.2 Å². The molecule has 1 fully saturated rings. The minimum atomic E-state index is -4.02. The number of methoxy groups -OCH3 is 1. The highest BCUT2D eigenvalue weighted by Gasteiger charge is 2.35. The van der Waals surface area contributed by atoms with Gasteiger partial charge < -0.3 is 9.26 Å². The van der Waals surface area contributed by atoms with Gasteiger partial charge in [0.05, 0.1) is 28.8 Å². The molecule has 1 N–H and O–H groups in total. The third kappa shape index (κ3) is 5.49. The van der Waals surface area contributed by atoms with Crippen LogP contribution in [0.25, 0.3) is 16.6 Å². The smallest absolute Gasteiger partial charge is 0.263 e. The van der Waals surface area contributed by atoms with Crippen LogP contribution >= 0.6 is 0 Å². The lowest BCUT2D eigenvalue weighted by atomic mass is 9.87. The summed E-state index contributed by atoms with van der Waals surface area (Å²) in [5.41, 5.74) is -0.203. The highest BCUT2D eigenvalue weighted by atomic mass is 32.2. The number of pyridine rings is 1. The lowest BCUT2D eigenvalue weighted by Crippen LogP contribution is -2.25. The number of hydrogen-bond acceptors (Lipinski definition) is 6. The van der Waals surface area contributed by atoms with Crippen LogP contribution < -0.4 is 15.0 Å². The quantitative estimate of drug-likeness (QED) is 0.343. The van der Waals surface area contributed by atoms with Crippen molar-refractivity contribution >= 4 is 26.7 Å². The highest BCUT2D eigenvalue weighted by Crippen LogP contribution is 2.36. The molecule has 0 aliphatic heterocycles. The maximum Gasteiger partial charge on any atom is 0.263 e. The zero-order valence-electron chi connectivity index (χ0n) is 20.6. The Bertz CT molecular complexity index is 1770. The summed E-state index contributed by atoms with van der Waals surface area (Å²) in [6, 6.07) is 10.5. The average Bonchev–Trinajstić information content (AvgIpc) is 3.39. The first kappa shape index (κ1) is 26.4. The summed E-state index contributed by atoms with van der Waals surface area (Å²) in [4.78, 5) is 12.8. The van der Waals surface area contributed by atoms with Gasteiger partial charge in [-0.2, -0.15) is 0 Å². The summed E-state index contributed by atoms with van der Waals surface area (Å²) in [5, 5.41) is 3.91. The number of halogens is 3. The van der Waals surface area contributed by atoms with Gasteiger partial charge in [-0.05, 0) is 37.1 Å². The normalized spacial score (nSPS) is 16.9. The fraction of sp³-hybridized carbons (Fsp3) is 0.259. The Kier molecular flexibility index (Phi) is 6.86. The Labute approximate surface area is 221 Å². The molecule has 1 aliphatic carbocycles. The van der Waals surface area contributed by atoms with Crippen molar-refractivity contribution in [1.82, 2.24) is 9.72 Å². The molecule has 0 radical (unpaired) electrons. The van der Waals surface area contributed by atoms with Gasteiger partial charge in [0, 0.05) is 48.4 Å². The number of benzene rings is 2. The summed E-state index contributed by atoms with van der Waals surface area (Å²) >= 11 is 0. The third-order valence-electron chi connectivity index (χ3n) is 6.41. The molecular weight excluding hydrogens is 535 g/mol. The lowest BCUT2D eigenvalue weighted by molar-refractivity contribution is -0.0440. The van der Waals surface area contributed by atoms with Crippen molar-refractivity contribution in [3.63, 3.8) is 0 Å². The van der Waals surface area contributed by atoms with E-state index in [4.69, 9.17) is 4.74 Å². The van der Waals surface area contributed by atoms with E-state index >= 15 is 4.39 Å². The molecule has 2 aromatic carbocycles. The number of sulfonamides is 1. The highest BCUT2D eigenvalue weighted by molar-refractivity contribution is 7.92. The average molecular weight is 558 g/mol. The number of aromatic nitrogens is 2. The Balaban J connectivity index is 1.54. The van der Waals surface area contributed by atoms with Crippen LogP contribution in [0.4, 0.5) is 19.0 Å². The zero-order valence-corrected chi connectivity index (χ0v) is 21.4. The first-order chi connectivity index (χ1) is 18.6. The summed E-state index contributed by atoms with van der Waals surface area (Å²) in [7, 11) is -2.68. The molecule has 0 bridgehead atoms. The van der Waals surface area contributed by atoms with Gasteiger partial charge in [0.2, 0.25) is 5.92 Å². The van der Waals surface area contributed by atoms with Crippen LogP contribution in [-0.4, -0.2) is 31.2 Å². The Morgan fingerprint density at radius 2 is 2.00 bits per heavy atom. The molecule has 1 aliphatic rings. The largest absolute Gasteiger partial charge is 0.495 e. The molecule has 0 spiro atoms. The molecule has 0 saturated heterocycles. The maximum absolute atomic E-state index is 15.2. The molecule has 1 atom stereocenters. The number of nitrogens with zero attached hydrogens (tertiary/aromatic N) is 2. The number of hydrogen-bond donors (Lipinski definition) is 1. The van der Waals surface area contributed by atoms with Gasteiger partial charge in [0.25, 0.3) is 15.6 Å². The molecule has 12 heteroatoms. The Morgan fingerprint density at radius 1 is 1.18 bits per heavy atom. The first-order valence-electron chi connectivity index (χ1n) is 11.9. The van der Waals surface area contributed by atoms with E-state index < -0.39 is 33.2 Å². The summed E-state index contributed by atoms with van der Waals surface area (Å²) in [6.45, 7) is 0. The monoisotopic (exact) mass is 557 g/mol. The lowest BCUT2D eigenvalue weighted by Gasteiger charge is -2.25. The van der Waals surface area contributed by atoms with Gasteiger partial charge >= 0.3 is 0 Å². The van der Waals surface area contributed by atoms with Crippen molar-refractivity contribution < 1.29 is 30.8 Å². The fourth-order valence-electron chi connectivity index (χ4n) is 4.55. The number of nitrogens with one attached hydrogen (secondary N) is 1. The number of ether oxygens (including phenoxy) is 1. The van der Waals surface area contributed by atoms with E-state index in [0.717, 1.165) is 6.07 Å². The van der Waals surface area contributed by atoms with Crippen LogP contribution in [-0.2, 0) is 10.0 Å². The van der Waals surface area contributed by atoms with E-state index in [-0.39, 0.29) is 40.6 Å². The standard InChI is InChI=1S/C27H22F3N3O5S/c1-37-24-14-18(5-4-17-3-2-11-27(29,30)16-17)21(28)15-23(24)33-22-8-7-20(13-19(22)6-9-26(33)34)39(35,36)32-25-10-12-38-31-25/h6-10,12-15,17H,2-3,11,16H2,1H3,(H,31,32)/t17-/m0/s1. The third-order valence-corrected chi connectivity index (χ3v) is 7.77. The molecule has 1 saturated carbocycles. The SMILES string of the molecule is COc1cc(C#C[C@@H]2CCCC(F)(F)C2)c(F)cc1-n1c(=O)ccc2cc(S(=O)(=O)Nc3ccon3)ccc21. The zero-order chi connectivity index (χ0) is 27.8. The number of rotatable bonds is 5. The first-order valence-corrected chi connectivity index (χ1v) is 13.4. The maximum atomic E-state index is 15.2. The topological polar surface area (TPSA) is 103 Å². The van der Waals surface area contributed by atoms with E-state index in [9.17, 15) is 22.0 Å². The van der Waals surface area contributed by atoms with Crippen molar-refractivity contribution in [2.45, 2.75) is 36.5 Å². The molecule has 0 unspecified atom stereocenters. The second kappa shape index (κ2) is 10.1. The van der Waals surface area contributed by atoms with Gasteiger partial charge in [0.1, 0.15) is 17.8 Å². The second-order valence-electron chi connectivity index (χ2n) is 9.14. The fourth-order valence-corrected chi connectivity index (χ4v) is 5.58. The van der Waals surface area contributed by atoms with Crippen molar-refractivity contribution in [2.24, 2.45) is 5.92 Å². The summed E-state index contributed by atoms with van der Waals surface area (Å²) in [6.07, 6.45) is 1.53. The predicted molar refractivity (Wildman–Crippen MR) is 137 cm³/mol. The summed E-state index contributed by atoms with van der Waals surface area (Å²) < 4.78 is 81.7. The van der Waals surface area contributed by atoms with Gasteiger partial charge in [0.15, 0.2) is 5.82 Å². The minimum absolute atomic E-state index is 0.000617. The van der Waals surface area contributed by atoms with E-state index in [1.54, 1.807) is 0 Å². The van der Waals surface area contributed by atoms with Gasteiger partial charge in [-0.25, -0.2) is 21.6 Å². The van der Waals surface area contributed by atoms with Crippen molar-refractivity contribution in [2.75, 3.05) is 11.8 Å². The molecule has 5 rings (SSSR count). The van der Waals surface area contributed by atoms with Crippen LogP contribution in [0, 0.1) is 23.6 Å². The molecule has 39 heavy (non-hydrogen) atoms. The molecule has 2 heterocycles. The van der Waals surface area contributed by atoms with E-state index in [1.807, 2.05) is 0 Å². The Hall–Kier alpha value is -4.24. The predicted octanol–water partition coefficient (Wildman–Crippen LogP) is 5.10. The van der Waals surface area contributed by atoms with Crippen molar-refractivity contribution in [1.29, 1.82) is 0 Å². The van der Waals surface area contributed by atoms with Crippen LogP contribution in [0.2, 0.25) is 0 Å². The minimum Gasteiger partial charge on any atom is -0.495 e. The summed E-state index contributed by atoms with van der Waals surface area (Å²) in [5.74, 6) is 1.44. The molecule has 202 valence electrons. The Morgan fingerprint density at radius 3 is 2.72 bits per heavy atom. The van der Waals surface area contributed by atoms with Crippen LogP contribution in [0.3, 0.4) is 0 Å². The van der Waals surface area contributed by atoms with E-state index in [0.29, 0.717) is 23.7 Å². The van der Waals surface area contributed by atoms with E-state index in [1.165, 1.54) is 60.4 Å². The molecule has 4 aromatic rings. The molecular formula is C27H22F3N3O5S. The van der Waals surface area contributed by atoms with Crippen molar-refractivity contribution in [3.05, 3.63) is 76.5 Å². The van der Waals surface area contributed by atoms with Crippen LogP contribution in [0.15, 0.2) is 69.0 Å². The van der Waals surface area contributed by atoms with Crippen LogP contribution in [0.5, 0.6) is 5.75 Å². The number of alkyl halides is 2. The molecule has 0 amide bonds. The van der Waals surface area contributed by atoms with Gasteiger partial charge in [-0.1, -0.05) is 17.0 Å². The molecule has 2 aromatic heterocycles. The second-order valence-corrected chi connectivity index (χ2v) is 10.8.